The minimum Gasteiger partial charge on any atom is -0.494 e. The molecule has 6 atom stereocenters. The summed E-state index contributed by atoms with van der Waals surface area (Å²) in [7, 11) is -2.47. The molecule has 0 spiro atoms. The molecule has 0 radical (unpaired) electrons. The first-order chi connectivity index (χ1) is 25.9. The third-order valence-corrected chi connectivity index (χ3v) is 12.6. The maximum absolute atomic E-state index is 14.6. The van der Waals surface area contributed by atoms with Gasteiger partial charge in [0.1, 0.15) is 29.5 Å². The van der Waals surface area contributed by atoms with Crippen molar-refractivity contribution in [3.63, 3.8) is 0 Å². The first kappa shape index (κ1) is 40.1. The van der Waals surface area contributed by atoms with Crippen LogP contribution in [0.5, 0.6) is 11.6 Å². The molecule has 3 N–H and O–H groups in total. The van der Waals surface area contributed by atoms with Gasteiger partial charge in [0.05, 0.1) is 25.1 Å². The van der Waals surface area contributed by atoms with Crippen LogP contribution in [0.1, 0.15) is 72.1 Å². The average Bonchev–Trinajstić information content (AvgIpc) is 4.04. The van der Waals surface area contributed by atoms with E-state index in [1.165, 1.54) is 18.2 Å². The van der Waals surface area contributed by atoms with Crippen LogP contribution in [-0.4, -0.2) is 96.5 Å². The van der Waals surface area contributed by atoms with Gasteiger partial charge < -0.3 is 29.7 Å². The summed E-state index contributed by atoms with van der Waals surface area (Å²) in [5.74, 6) is -2.90. The number of benzene rings is 1. The zero-order valence-corrected chi connectivity index (χ0v) is 31.8. The number of alkyl carbamates (subject to hydrolysis) is 1. The fourth-order valence-corrected chi connectivity index (χ4v) is 8.49. The van der Waals surface area contributed by atoms with Crippen LogP contribution in [0.3, 0.4) is 0 Å². The molecular formula is C37H46F3N5O9S. The molecule has 55 heavy (non-hydrogen) atoms. The van der Waals surface area contributed by atoms with E-state index in [0.717, 1.165) is 0 Å². The fraction of sp³-hybridized carbons (Fsp3) is 0.595. The van der Waals surface area contributed by atoms with E-state index < -0.39 is 86.4 Å². The Labute approximate surface area is 316 Å². The highest BCUT2D eigenvalue weighted by Crippen LogP contribution is 2.46. The maximum Gasteiger partial charge on any atom is 0.427 e. The van der Waals surface area contributed by atoms with Crippen molar-refractivity contribution in [1.82, 2.24) is 25.2 Å². The smallest absolute Gasteiger partial charge is 0.427 e. The zero-order valence-electron chi connectivity index (χ0n) is 31.0. The number of hydrogen-bond acceptors (Lipinski definition) is 10. The number of allylic oxidation sites excluding steroid dienone is 1. The number of aromatic nitrogens is 1. The molecule has 2 saturated carbocycles. The van der Waals surface area contributed by atoms with Crippen LogP contribution in [0.25, 0.3) is 10.8 Å². The summed E-state index contributed by atoms with van der Waals surface area (Å²) >= 11 is 0. The minimum absolute atomic E-state index is 0.106. The van der Waals surface area contributed by atoms with Crippen LogP contribution in [0.4, 0.5) is 18.0 Å². The van der Waals surface area contributed by atoms with E-state index >= 15 is 0 Å². The third-order valence-electron chi connectivity index (χ3n) is 10.8. The van der Waals surface area contributed by atoms with Crippen molar-refractivity contribution in [2.45, 2.75) is 113 Å². The molecule has 1 saturated heterocycles. The van der Waals surface area contributed by atoms with E-state index in [9.17, 15) is 40.8 Å². The van der Waals surface area contributed by atoms with Crippen LogP contribution in [0.15, 0.2) is 42.6 Å². The number of alkyl halides is 3. The quantitative estimate of drug-likeness (QED) is 0.327. The number of halogens is 3. The highest BCUT2D eigenvalue weighted by Gasteiger charge is 2.62. The summed E-state index contributed by atoms with van der Waals surface area (Å²) in [5, 5.41) is 5.71. The number of fused-ring (bicyclic) bond motifs is 3. The van der Waals surface area contributed by atoms with E-state index in [-0.39, 0.29) is 25.3 Å². The highest BCUT2D eigenvalue weighted by molar-refractivity contribution is 7.91. The van der Waals surface area contributed by atoms with Crippen LogP contribution >= 0.6 is 0 Å². The minimum atomic E-state index is -4.90. The van der Waals surface area contributed by atoms with Crippen molar-refractivity contribution in [2.24, 2.45) is 11.8 Å². The molecule has 2 aromatic rings. The molecule has 14 nitrogen and oxygen atoms in total. The average molecular weight is 794 g/mol. The van der Waals surface area contributed by atoms with Crippen molar-refractivity contribution >= 4 is 44.6 Å². The van der Waals surface area contributed by atoms with Gasteiger partial charge in [-0.2, -0.15) is 13.2 Å². The number of sulfonamides is 1. The molecule has 0 bridgehead atoms. The second-order valence-corrected chi connectivity index (χ2v) is 17.3. The summed E-state index contributed by atoms with van der Waals surface area (Å²) in [6.07, 6.45) is 0.851. The normalized spacial score (nSPS) is 28.4. The topological polar surface area (TPSA) is 182 Å². The Balaban J connectivity index is 1.33. The number of methoxy groups -OCH3 is 1. The summed E-state index contributed by atoms with van der Waals surface area (Å²) in [5.41, 5.74) is -4.49. The van der Waals surface area contributed by atoms with Gasteiger partial charge in [-0.05, 0) is 64.4 Å². The lowest BCUT2D eigenvalue weighted by Crippen LogP contribution is -2.59. The monoisotopic (exact) mass is 793 g/mol. The molecule has 18 heteroatoms. The van der Waals surface area contributed by atoms with E-state index in [1.807, 2.05) is 12.1 Å². The van der Waals surface area contributed by atoms with E-state index in [2.05, 4.69) is 20.3 Å². The van der Waals surface area contributed by atoms with Gasteiger partial charge >= 0.3 is 12.3 Å². The van der Waals surface area contributed by atoms with E-state index in [4.69, 9.17) is 14.2 Å². The van der Waals surface area contributed by atoms with Gasteiger partial charge in [-0.1, -0.05) is 43.7 Å². The molecule has 3 heterocycles. The number of nitrogens with zero attached hydrogens (tertiary/aromatic N) is 2. The molecule has 0 unspecified atom stereocenters. The van der Waals surface area contributed by atoms with Gasteiger partial charge in [0.25, 0.3) is 5.91 Å². The van der Waals surface area contributed by atoms with Crippen molar-refractivity contribution in [2.75, 3.05) is 13.7 Å². The van der Waals surface area contributed by atoms with Gasteiger partial charge in [0.2, 0.25) is 33.3 Å². The Bertz CT molecular complexity index is 1970. The summed E-state index contributed by atoms with van der Waals surface area (Å²) < 4.78 is 85.3. The molecule has 1 aromatic carbocycles. The van der Waals surface area contributed by atoms with Crippen LogP contribution in [0, 0.1) is 11.8 Å². The molecule has 1 aromatic heterocycles. The highest BCUT2D eigenvalue weighted by atomic mass is 32.2. The lowest BCUT2D eigenvalue weighted by molar-refractivity contribution is -0.244. The Kier molecular flexibility index (Phi) is 11.0. The Morgan fingerprint density at radius 3 is 2.45 bits per heavy atom. The number of ether oxygens (including phenoxy) is 3. The maximum atomic E-state index is 14.6. The molecule has 4 amide bonds. The number of pyridine rings is 1. The fourth-order valence-electron chi connectivity index (χ4n) is 7.12. The third kappa shape index (κ3) is 8.48. The zero-order chi connectivity index (χ0) is 39.9. The SMILES string of the molecule is COc1cnc(O[C@@H]2C[C@H]3C(=O)N[C@]4(C(=O)NS(=O)(=O)C5CC5)C[C@H]4/C=C\CCCC[C@@H](C)[C@H](NC(=O)OC(C)(C)C(F)(F)F)C(=O)N3C2)c2ccccc12. The second-order valence-electron chi connectivity index (χ2n) is 15.3. The van der Waals surface area contributed by atoms with Crippen molar-refractivity contribution in [3.8, 4) is 11.6 Å². The summed E-state index contributed by atoms with van der Waals surface area (Å²) in [6, 6.07) is 4.44. The molecule has 3 fully saturated rings. The van der Waals surface area contributed by atoms with Gasteiger partial charge in [0, 0.05) is 23.1 Å². The number of amides is 4. The molecular weight excluding hydrogens is 747 g/mol. The lowest BCUT2D eigenvalue weighted by Gasteiger charge is -2.33. The molecule has 6 rings (SSSR count). The predicted octanol–water partition coefficient (Wildman–Crippen LogP) is 4.28. The molecule has 300 valence electrons. The van der Waals surface area contributed by atoms with Gasteiger partial charge in [-0.15, -0.1) is 0 Å². The van der Waals surface area contributed by atoms with Crippen molar-refractivity contribution in [1.29, 1.82) is 0 Å². The molecule has 2 aliphatic carbocycles. The Hall–Kier alpha value is -4.61. The largest absolute Gasteiger partial charge is 0.494 e. The van der Waals surface area contributed by atoms with Gasteiger partial charge in [0.15, 0.2) is 0 Å². The van der Waals surface area contributed by atoms with E-state index in [0.29, 0.717) is 68.9 Å². The molecule has 4 aliphatic rings. The first-order valence-electron chi connectivity index (χ1n) is 18.4. The van der Waals surface area contributed by atoms with Gasteiger partial charge in [-0.3, -0.25) is 19.1 Å². The van der Waals surface area contributed by atoms with Crippen molar-refractivity contribution < 1.29 is 55.0 Å². The van der Waals surface area contributed by atoms with Crippen LogP contribution in [-0.2, 0) is 29.1 Å². The number of carbonyl (C=O) groups excluding carboxylic acids is 4. The van der Waals surface area contributed by atoms with Crippen LogP contribution in [0.2, 0.25) is 0 Å². The number of hydrogen-bond donors (Lipinski definition) is 3. The first-order valence-corrected chi connectivity index (χ1v) is 19.9. The second kappa shape index (κ2) is 15.1. The van der Waals surface area contributed by atoms with E-state index in [1.54, 1.807) is 31.2 Å². The Morgan fingerprint density at radius 2 is 1.78 bits per heavy atom. The van der Waals surface area contributed by atoms with Crippen molar-refractivity contribution in [3.05, 3.63) is 42.6 Å². The summed E-state index contributed by atoms with van der Waals surface area (Å²) in [6.45, 7) is 2.85. The molecule has 2 aliphatic heterocycles. The lowest BCUT2D eigenvalue weighted by atomic mass is 9.93. The van der Waals surface area contributed by atoms with Crippen LogP contribution < -0.4 is 24.8 Å². The number of nitrogens with one attached hydrogen (secondary N) is 3. The standard InChI is InChI=1S/C37H46F3N5O9S/c1-21-11-7-5-6-8-12-22-18-36(22,33(48)44-55(50,51)24-15-16-24)43-30(46)27-17-23(53-31-26-14-10-9-13-25(26)28(52-4)19-41-31)20-45(27)32(47)29(21)42-34(49)54-35(2,3)37(38,39)40/h8-10,12-14,19,21-24,27,29H,5-7,11,15-18,20H2,1-4H3,(H,42,49)(H,43,46)(H,44,48)/b12-8-/t21-,22-,23-,27+,29+,36-/m1/s1. The Morgan fingerprint density at radius 1 is 1.07 bits per heavy atom. The predicted molar refractivity (Wildman–Crippen MR) is 192 cm³/mol. The number of rotatable bonds is 8. The summed E-state index contributed by atoms with van der Waals surface area (Å²) in [4.78, 5) is 61.2. The number of carbonyl (C=O) groups is 4. The van der Waals surface area contributed by atoms with Gasteiger partial charge in [-0.25, -0.2) is 18.2 Å².